The monoisotopic (exact) mass is 460 g/mol. The fraction of sp³-hybridized carbons (Fsp3) is 0.923. The number of hydrogen-bond donors (Lipinski definition) is 2. The van der Waals surface area contributed by atoms with Gasteiger partial charge in [-0.05, 0) is 39.5 Å². The van der Waals surface area contributed by atoms with Crippen LogP contribution in [0.1, 0.15) is 129 Å². The molecule has 2 N–H and O–H groups in total. The summed E-state index contributed by atoms with van der Waals surface area (Å²) in [5.41, 5.74) is 0. The van der Waals surface area contributed by atoms with Gasteiger partial charge in [0.2, 0.25) is 0 Å². The molecule has 0 amide bonds. The van der Waals surface area contributed by atoms with Crippen molar-refractivity contribution >= 4 is 11.9 Å². The van der Waals surface area contributed by atoms with Gasteiger partial charge in [-0.2, -0.15) is 0 Å². The van der Waals surface area contributed by atoms with Gasteiger partial charge in [0.05, 0.1) is 26.4 Å². The zero-order valence-electron chi connectivity index (χ0n) is 21.4. The highest BCUT2D eigenvalue weighted by atomic mass is 16.5. The van der Waals surface area contributed by atoms with Crippen LogP contribution in [-0.2, 0) is 19.1 Å². The number of hydrogen-bond acceptors (Lipinski definition) is 6. The fourth-order valence-electron chi connectivity index (χ4n) is 3.39. The predicted octanol–water partition coefficient (Wildman–Crippen LogP) is 6.10. The maximum Gasteiger partial charge on any atom is 0.305 e. The second-order valence-corrected chi connectivity index (χ2v) is 8.88. The highest BCUT2D eigenvalue weighted by Crippen LogP contribution is 2.11. The minimum atomic E-state index is -0.153. The maximum atomic E-state index is 10.8. The van der Waals surface area contributed by atoms with Gasteiger partial charge in [0.15, 0.2) is 0 Å². The van der Waals surface area contributed by atoms with Crippen LogP contribution in [0.15, 0.2) is 0 Å². The third-order valence-electron chi connectivity index (χ3n) is 5.46. The lowest BCUT2D eigenvalue weighted by Crippen LogP contribution is -1.99. The summed E-state index contributed by atoms with van der Waals surface area (Å²) in [6.45, 7) is 3.68. The molecule has 6 heteroatoms. The number of aliphatic hydroxyl groups is 2. The van der Waals surface area contributed by atoms with Crippen molar-refractivity contribution in [1.82, 2.24) is 0 Å². The standard InChI is InChI=1S/2C13H26O3/c2*1-12(14)10-8-6-4-3-5-7-9-11-13(15)16-2/h2*12,14H,3-11H2,1-2H3. The fourth-order valence-corrected chi connectivity index (χ4v) is 3.39. The summed E-state index contributed by atoms with van der Waals surface area (Å²) in [5, 5.41) is 18.1. The summed E-state index contributed by atoms with van der Waals surface area (Å²) in [6, 6.07) is 0. The first kappa shape index (κ1) is 33.0. The van der Waals surface area contributed by atoms with Crippen LogP contribution in [0.5, 0.6) is 0 Å². The van der Waals surface area contributed by atoms with Crippen molar-refractivity contribution in [2.45, 2.75) is 142 Å². The first-order valence-corrected chi connectivity index (χ1v) is 12.8. The Labute approximate surface area is 197 Å². The van der Waals surface area contributed by atoms with E-state index < -0.39 is 0 Å². The molecule has 0 fully saturated rings. The Hall–Kier alpha value is -1.14. The molecule has 0 saturated carbocycles. The third kappa shape index (κ3) is 31.0. The van der Waals surface area contributed by atoms with E-state index >= 15 is 0 Å². The Morgan fingerprint density at radius 2 is 0.781 bits per heavy atom. The number of methoxy groups -OCH3 is 2. The Balaban J connectivity index is 0. The van der Waals surface area contributed by atoms with E-state index in [2.05, 4.69) is 9.47 Å². The summed E-state index contributed by atoms with van der Waals surface area (Å²) >= 11 is 0. The Kier molecular flexibility index (Phi) is 27.0. The lowest BCUT2D eigenvalue weighted by atomic mass is 10.1. The zero-order chi connectivity index (χ0) is 24.5. The van der Waals surface area contributed by atoms with Crippen LogP contribution in [0.4, 0.5) is 0 Å². The quantitative estimate of drug-likeness (QED) is 0.168. The van der Waals surface area contributed by atoms with E-state index in [1.54, 1.807) is 0 Å². The van der Waals surface area contributed by atoms with Crippen molar-refractivity contribution in [2.75, 3.05) is 14.2 Å². The zero-order valence-corrected chi connectivity index (χ0v) is 21.4. The van der Waals surface area contributed by atoms with Crippen molar-refractivity contribution in [1.29, 1.82) is 0 Å². The minimum absolute atomic E-state index is 0.100. The molecule has 0 saturated heterocycles. The molecule has 2 atom stereocenters. The van der Waals surface area contributed by atoms with Gasteiger partial charge in [-0.15, -0.1) is 0 Å². The number of aliphatic hydroxyl groups excluding tert-OH is 2. The van der Waals surface area contributed by atoms with Gasteiger partial charge in [-0.25, -0.2) is 0 Å². The highest BCUT2D eigenvalue weighted by Gasteiger charge is 2.00. The smallest absolute Gasteiger partial charge is 0.305 e. The van der Waals surface area contributed by atoms with E-state index in [4.69, 9.17) is 10.2 Å². The second-order valence-electron chi connectivity index (χ2n) is 8.88. The van der Waals surface area contributed by atoms with Crippen molar-refractivity contribution in [3.63, 3.8) is 0 Å². The van der Waals surface area contributed by atoms with Gasteiger partial charge < -0.3 is 19.7 Å². The van der Waals surface area contributed by atoms with Crippen LogP contribution in [-0.4, -0.2) is 48.6 Å². The average molecular weight is 461 g/mol. The SMILES string of the molecule is COC(=O)CCCCCCCCCC(C)O.COC(=O)CCCCCCCCCC(C)O. The van der Waals surface area contributed by atoms with Crippen LogP contribution in [0, 0.1) is 0 Å². The van der Waals surface area contributed by atoms with E-state index in [0.29, 0.717) is 12.8 Å². The molecule has 192 valence electrons. The third-order valence-corrected chi connectivity index (χ3v) is 5.46. The van der Waals surface area contributed by atoms with Crippen LogP contribution >= 0.6 is 0 Å². The summed E-state index contributed by atoms with van der Waals surface area (Å²) in [4.78, 5) is 21.6. The van der Waals surface area contributed by atoms with Crippen LogP contribution in [0.2, 0.25) is 0 Å². The van der Waals surface area contributed by atoms with Crippen LogP contribution in [0.25, 0.3) is 0 Å². The molecule has 0 radical (unpaired) electrons. The molecule has 32 heavy (non-hydrogen) atoms. The second kappa shape index (κ2) is 26.1. The lowest BCUT2D eigenvalue weighted by Gasteiger charge is -2.04. The number of unbranched alkanes of at least 4 members (excludes halogenated alkanes) is 12. The van der Waals surface area contributed by atoms with Crippen molar-refractivity contribution in [2.24, 2.45) is 0 Å². The predicted molar refractivity (Wildman–Crippen MR) is 130 cm³/mol. The van der Waals surface area contributed by atoms with E-state index in [0.717, 1.165) is 51.4 Å². The lowest BCUT2D eigenvalue weighted by molar-refractivity contribution is -0.141. The van der Waals surface area contributed by atoms with Gasteiger partial charge >= 0.3 is 11.9 Å². The molecule has 0 heterocycles. The summed E-state index contributed by atoms with van der Waals surface area (Å²) in [5.74, 6) is -0.200. The molecule has 0 aromatic rings. The molecule has 2 unspecified atom stereocenters. The number of ether oxygens (including phenoxy) is 2. The molecule has 0 aromatic heterocycles. The Bertz CT molecular complexity index is 371. The summed E-state index contributed by atoms with van der Waals surface area (Å²) in [7, 11) is 2.87. The van der Waals surface area contributed by atoms with Gasteiger partial charge in [0.1, 0.15) is 0 Å². The number of rotatable bonds is 20. The Morgan fingerprint density at radius 3 is 1.03 bits per heavy atom. The van der Waals surface area contributed by atoms with Gasteiger partial charge in [0.25, 0.3) is 0 Å². The summed E-state index contributed by atoms with van der Waals surface area (Å²) < 4.78 is 9.14. The van der Waals surface area contributed by atoms with E-state index in [-0.39, 0.29) is 24.1 Å². The van der Waals surface area contributed by atoms with Crippen molar-refractivity contribution < 1.29 is 29.3 Å². The van der Waals surface area contributed by atoms with Crippen molar-refractivity contribution in [3.8, 4) is 0 Å². The molecule has 0 aliphatic carbocycles. The first-order chi connectivity index (χ1) is 15.3. The maximum absolute atomic E-state index is 10.8. The molecule has 0 aromatic carbocycles. The van der Waals surface area contributed by atoms with Crippen LogP contribution < -0.4 is 0 Å². The van der Waals surface area contributed by atoms with E-state index in [9.17, 15) is 9.59 Å². The minimum Gasteiger partial charge on any atom is -0.469 e. The van der Waals surface area contributed by atoms with Gasteiger partial charge in [0, 0.05) is 12.8 Å². The molecular weight excluding hydrogens is 408 g/mol. The Morgan fingerprint density at radius 1 is 0.531 bits per heavy atom. The largest absolute Gasteiger partial charge is 0.469 e. The first-order valence-electron chi connectivity index (χ1n) is 12.8. The molecule has 0 spiro atoms. The van der Waals surface area contributed by atoms with Gasteiger partial charge in [-0.1, -0.05) is 77.0 Å². The molecule has 0 aliphatic heterocycles. The molecule has 0 rings (SSSR count). The van der Waals surface area contributed by atoms with E-state index in [1.165, 1.54) is 65.6 Å². The molecule has 0 aliphatic rings. The van der Waals surface area contributed by atoms with E-state index in [1.807, 2.05) is 13.8 Å². The summed E-state index contributed by atoms with van der Waals surface area (Å²) in [6.07, 6.45) is 18.8. The topological polar surface area (TPSA) is 93.1 Å². The highest BCUT2D eigenvalue weighted by molar-refractivity contribution is 5.69. The molecular formula is C26H52O6. The normalized spacial score (nSPS) is 12.4. The number of carbonyl (C=O) groups excluding carboxylic acids is 2. The molecule has 6 nitrogen and oxygen atoms in total. The van der Waals surface area contributed by atoms with Crippen LogP contribution in [0.3, 0.4) is 0 Å². The average Bonchev–Trinajstić information content (AvgIpc) is 2.76. The van der Waals surface area contributed by atoms with Gasteiger partial charge in [-0.3, -0.25) is 9.59 Å². The molecule has 0 bridgehead atoms. The van der Waals surface area contributed by atoms with Crippen molar-refractivity contribution in [3.05, 3.63) is 0 Å². The number of carbonyl (C=O) groups is 2. The number of esters is 2.